The molecule has 0 atom stereocenters. The molecule has 1 aromatic carbocycles. The molecular weight excluding hydrogens is 222 g/mol. The first kappa shape index (κ1) is 11.5. The first-order chi connectivity index (χ1) is 7.79. The van der Waals surface area contributed by atoms with Crippen molar-refractivity contribution in [3.63, 3.8) is 0 Å². The summed E-state index contributed by atoms with van der Waals surface area (Å²) in [7, 11) is 0. The van der Waals surface area contributed by atoms with Gasteiger partial charge in [0, 0.05) is 18.0 Å². The van der Waals surface area contributed by atoms with E-state index in [0.717, 1.165) is 30.0 Å². The molecule has 0 spiro atoms. The molecule has 4 heteroatoms. The van der Waals surface area contributed by atoms with Gasteiger partial charge >= 0.3 is 0 Å². The summed E-state index contributed by atoms with van der Waals surface area (Å²) in [4.78, 5) is 14.5. The number of rotatable bonds is 4. The number of nitrogens with zero attached hydrogens (tertiary/aromatic N) is 1. The molecule has 0 radical (unpaired) electrons. The van der Waals surface area contributed by atoms with Crippen molar-refractivity contribution in [2.75, 3.05) is 18.8 Å². The Labute approximate surface area is 99.5 Å². The fourth-order valence-corrected chi connectivity index (χ4v) is 2.29. The number of aliphatic hydroxyl groups is 1. The lowest BCUT2D eigenvalue weighted by atomic mass is 10.2. The predicted molar refractivity (Wildman–Crippen MR) is 64.3 cm³/mol. The molecule has 86 valence electrons. The molecule has 0 aromatic heterocycles. The van der Waals surface area contributed by atoms with Crippen LogP contribution in [0, 0.1) is 0 Å². The number of thioether (sulfide) groups is 1. The van der Waals surface area contributed by atoms with E-state index in [1.54, 1.807) is 11.8 Å². The predicted octanol–water partition coefficient (Wildman–Crippen LogP) is 1.50. The van der Waals surface area contributed by atoms with Gasteiger partial charge in [0.15, 0.2) is 0 Å². The number of carbonyl (C=O) groups excluding carboxylic acids is 1. The highest BCUT2D eigenvalue weighted by atomic mass is 32.2. The molecule has 2 rings (SSSR count). The number of carbonyl (C=O) groups is 1. The van der Waals surface area contributed by atoms with Crippen LogP contribution in [0.5, 0.6) is 0 Å². The minimum atomic E-state index is 0.0671. The zero-order chi connectivity index (χ0) is 11.4. The van der Waals surface area contributed by atoms with Crippen molar-refractivity contribution in [2.45, 2.75) is 17.9 Å². The van der Waals surface area contributed by atoms with Gasteiger partial charge in [-0.1, -0.05) is 12.1 Å². The Kier molecular flexibility index (Phi) is 3.85. The van der Waals surface area contributed by atoms with Crippen molar-refractivity contribution >= 4 is 17.7 Å². The molecule has 0 bridgehead atoms. The van der Waals surface area contributed by atoms with Crippen LogP contribution in [-0.2, 0) is 11.4 Å². The molecule has 1 amide bonds. The SMILES string of the molecule is O=C(CSc1ccc(CO)cc1)N1CCC1. The van der Waals surface area contributed by atoms with Crippen LogP contribution in [0.3, 0.4) is 0 Å². The maximum atomic E-state index is 11.6. The summed E-state index contributed by atoms with van der Waals surface area (Å²) in [5, 5.41) is 8.89. The van der Waals surface area contributed by atoms with Crippen LogP contribution in [0.1, 0.15) is 12.0 Å². The molecule has 0 saturated carbocycles. The van der Waals surface area contributed by atoms with Gasteiger partial charge in [0.1, 0.15) is 0 Å². The molecule has 1 heterocycles. The normalized spacial score (nSPS) is 14.7. The third-order valence-electron chi connectivity index (χ3n) is 2.68. The van der Waals surface area contributed by atoms with E-state index in [9.17, 15) is 4.79 Å². The zero-order valence-corrected chi connectivity index (χ0v) is 9.87. The number of amides is 1. The Balaban J connectivity index is 1.81. The first-order valence-electron chi connectivity index (χ1n) is 5.40. The van der Waals surface area contributed by atoms with Gasteiger partial charge < -0.3 is 10.0 Å². The molecule has 1 fully saturated rings. The van der Waals surface area contributed by atoms with Crippen LogP contribution in [0.2, 0.25) is 0 Å². The lowest BCUT2D eigenvalue weighted by Crippen LogP contribution is -2.42. The molecule has 16 heavy (non-hydrogen) atoms. The van der Waals surface area contributed by atoms with E-state index in [-0.39, 0.29) is 12.5 Å². The lowest BCUT2D eigenvalue weighted by molar-refractivity contribution is -0.131. The number of likely N-dealkylation sites (tertiary alicyclic amines) is 1. The van der Waals surface area contributed by atoms with Gasteiger partial charge in [-0.25, -0.2) is 0 Å². The number of benzene rings is 1. The van der Waals surface area contributed by atoms with Crippen LogP contribution in [0.15, 0.2) is 29.2 Å². The molecule has 1 saturated heterocycles. The first-order valence-corrected chi connectivity index (χ1v) is 6.38. The maximum Gasteiger partial charge on any atom is 0.232 e. The largest absolute Gasteiger partial charge is 0.392 e. The quantitative estimate of drug-likeness (QED) is 0.807. The van der Waals surface area contributed by atoms with Crippen LogP contribution in [-0.4, -0.2) is 34.8 Å². The molecule has 0 unspecified atom stereocenters. The Morgan fingerprint density at radius 3 is 2.50 bits per heavy atom. The summed E-state index contributed by atoms with van der Waals surface area (Å²) in [6.07, 6.45) is 1.14. The highest BCUT2D eigenvalue weighted by Crippen LogP contribution is 2.20. The van der Waals surface area contributed by atoms with Crippen LogP contribution < -0.4 is 0 Å². The maximum absolute atomic E-state index is 11.6. The van der Waals surface area contributed by atoms with E-state index in [1.807, 2.05) is 29.2 Å². The summed E-state index contributed by atoms with van der Waals surface area (Å²) in [6.45, 7) is 1.91. The molecule has 3 nitrogen and oxygen atoms in total. The van der Waals surface area contributed by atoms with Gasteiger partial charge in [0.25, 0.3) is 0 Å². The van der Waals surface area contributed by atoms with Gasteiger partial charge in [-0.05, 0) is 24.1 Å². The Bertz CT molecular complexity index is 360. The van der Waals surface area contributed by atoms with E-state index in [0.29, 0.717) is 5.75 Å². The summed E-state index contributed by atoms with van der Waals surface area (Å²) in [5.74, 6) is 0.737. The summed E-state index contributed by atoms with van der Waals surface area (Å²) in [5.41, 5.74) is 0.901. The minimum absolute atomic E-state index is 0.0671. The average Bonchev–Trinajstić information content (AvgIpc) is 2.25. The fraction of sp³-hybridized carbons (Fsp3) is 0.417. The second-order valence-corrected chi connectivity index (χ2v) is 4.87. The second-order valence-electron chi connectivity index (χ2n) is 3.83. The molecule has 1 aliphatic heterocycles. The van der Waals surface area contributed by atoms with Gasteiger partial charge in [0.05, 0.1) is 12.4 Å². The van der Waals surface area contributed by atoms with Crippen molar-refractivity contribution in [1.82, 2.24) is 4.90 Å². The van der Waals surface area contributed by atoms with Gasteiger partial charge in [0.2, 0.25) is 5.91 Å². The topological polar surface area (TPSA) is 40.5 Å². The minimum Gasteiger partial charge on any atom is -0.392 e. The zero-order valence-electron chi connectivity index (χ0n) is 9.06. The Morgan fingerprint density at radius 1 is 1.31 bits per heavy atom. The van der Waals surface area contributed by atoms with Crippen molar-refractivity contribution < 1.29 is 9.90 Å². The third-order valence-corrected chi connectivity index (χ3v) is 3.67. The molecular formula is C12H15NO2S. The summed E-state index contributed by atoms with van der Waals surface area (Å²) < 4.78 is 0. The highest BCUT2D eigenvalue weighted by Gasteiger charge is 2.19. The van der Waals surface area contributed by atoms with Crippen LogP contribution >= 0.6 is 11.8 Å². The number of hydrogen-bond donors (Lipinski definition) is 1. The van der Waals surface area contributed by atoms with Crippen molar-refractivity contribution in [3.8, 4) is 0 Å². The van der Waals surface area contributed by atoms with Crippen molar-refractivity contribution in [2.24, 2.45) is 0 Å². The monoisotopic (exact) mass is 237 g/mol. The third kappa shape index (κ3) is 2.77. The standard InChI is InChI=1S/C12H15NO2S/c14-8-10-2-4-11(5-3-10)16-9-12(15)13-6-1-7-13/h2-5,14H,1,6-9H2. The highest BCUT2D eigenvalue weighted by molar-refractivity contribution is 8.00. The lowest BCUT2D eigenvalue weighted by Gasteiger charge is -2.30. The van der Waals surface area contributed by atoms with E-state index in [2.05, 4.69) is 0 Å². The summed E-state index contributed by atoms with van der Waals surface area (Å²) >= 11 is 1.55. The Hall–Kier alpha value is -1.00. The summed E-state index contributed by atoms with van der Waals surface area (Å²) in [6, 6.07) is 7.66. The number of aliphatic hydroxyl groups excluding tert-OH is 1. The Morgan fingerprint density at radius 2 is 2.00 bits per heavy atom. The second kappa shape index (κ2) is 5.37. The van der Waals surface area contributed by atoms with E-state index in [4.69, 9.17) is 5.11 Å². The van der Waals surface area contributed by atoms with Crippen molar-refractivity contribution in [3.05, 3.63) is 29.8 Å². The molecule has 1 aromatic rings. The van der Waals surface area contributed by atoms with E-state index in [1.165, 1.54) is 0 Å². The molecule has 1 N–H and O–H groups in total. The van der Waals surface area contributed by atoms with Crippen molar-refractivity contribution in [1.29, 1.82) is 0 Å². The van der Waals surface area contributed by atoms with Crippen LogP contribution in [0.25, 0.3) is 0 Å². The average molecular weight is 237 g/mol. The van der Waals surface area contributed by atoms with Gasteiger partial charge in [-0.2, -0.15) is 0 Å². The van der Waals surface area contributed by atoms with E-state index < -0.39 is 0 Å². The van der Waals surface area contributed by atoms with Gasteiger partial charge in [-0.3, -0.25) is 4.79 Å². The number of hydrogen-bond acceptors (Lipinski definition) is 3. The molecule has 1 aliphatic rings. The van der Waals surface area contributed by atoms with Crippen LogP contribution in [0.4, 0.5) is 0 Å². The van der Waals surface area contributed by atoms with E-state index >= 15 is 0 Å². The van der Waals surface area contributed by atoms with Gasteiger partial charge in [-0.15, -0.1) is 11.8 Å². The fourth-order valence-electron chi connectivity index (χ4n) is 1.49. The smallest absolute Gasteiger partial charge is 0.232 e. The molecule has 0 aliphatic carbocycles.